The predicted octanol–water partition coefficient (Wildman–Crippen LogP) is 3.87. The van der Waals surface area contributed by atoms with Crippen LogP contribution in [0.4, 0.5) is 0 Å². The number of hydrogen-bond acceptors (Lipinski definition) is 3. The zero-order valence-electron chi connectivity index (χ0n) is 9.94. The van der Waals surface area contributed by atoms with Gasteiger partial charge in [-0.05, 0) is 42.4 Å². The predicted molar refractivity (Wildman–Crippen MR) is 72.8 cm³/mol. The van der Waals surface area contributed by atoms with E-state index in [-0.39, 0.29) is 5.06 Å². The fourth-order valence-corrected chi connectivity index (χ4v) is 3.33. The van der Waals surface area contributed by atoms with Gasteiger partial charge in [0.15, 0.2) is 5.06 Å². The van der Waals surface area contributed by atoms with Gasteiger partial charge in [0.1, 0.15) is 11.6 Å². The molecule has 90 valence electrons. The third-order valence-corrected chi connectivity index (χ3v) is 4.32. The van der Waals surface area contributed by atoms with Gasteiger partial charge in [-0.3, -0.25) is 0 Å². The first-order valence-electron chi connectivity index (χ1n) is 6.12. The first kappa shape index (κ1) is 11.3. The maximum Gasteiger partial charge on any atom is 0.190 e. The van der Waals surface area contributed by atoms with E-state index in [1.807, 2.05) is 5.38 Å². The van der Waals surface area contributed by atoms with Crippen molar-refractivity contribution in [1.29, 1.82) is 5.26 Å². The van der Waals surface area contributed by atoms with E-state index in [9.17, 15) is 5.11 Å². The molecule has 0 unspecified atom stereocenters. The normalized spacial score (nSPS) is 13.9. The summed E-state index contributed by atoms with van der Waals surface area (Å²) >= 11 is 1.22. The maximum atomic E-state index is 9.63. The summed E-state index contributed by atoms with van der Waals surface area (Å²) in [6.07, 6.45) is 4.81. The summed E-state index contributed by atoms with van der Waals surface area (Å²) in [5.41, 5.74) is 5.13. The summed E-state index contributed by atoms with van der Waals surface area (Å²) in [5, 5.41) is 20.7. The summed E-state index contributed by atoms with van der Waals surface area (Å²) in [6, 6.07) is 8.49. The molecular formula is C15H13NOS. The minimum absolute atomic E-state index is 0.116. The first-order valence-corrected chi connectivity index (χ1v) is 7.00. The van der Waals surface area contributed by atoms with E-state index in [0.717, 1.165) is 24.0 Å². The van der Waals surface area contributed by atoms with E-state index < -0.39 is 0 Å². The van der Waals surface area contributed by atoms with Crippen LogP contribution >= 0.6 is 11.3 Å². The Morgan fingerprint density at radius 3 is 2.72 bits per heavy atom. The molecule has 0 saturated carbocycles. The molecule has 2 nitrogen and oxygen atoms in total. The lowest BCUT2D eigenvalue weighted by molar-refractivity contribution is 0.489. The highest BCUT2D eigenvalue weighted by Gasteiger charge is 2.15. The number of thiophene rings is 1. The Morgan fingerprint density at radius 1 is 1.17 bits per heavy atom. The lowest BCUT2D eigenvalue weighted by Crippen LogP contribution is -2.02. The average Bonchev–Trinajstić information content (AvgIpc) is 2.79. The number of benzene rings is 1. The van der Waals surface area contributed by atoms with Gasteiger partial charge in [-0.2, -0.15) is 5.26 Å². The topological polar surface area (TPSA) is 44.0 Å². The van der Waals surface area contributed by atoms with E-state index in [1.54, 1.807) is 0 Å². The molecule has 1 N–H and O–H groups in total. The second-order valence-electron chi connectivity index (χ2n) is 4.63. The van der Waals surface area contributed by atoms with Gasteiger partial charge in [0.05, 0.1) is 0 Å². The highest BCUT2D eigenvalue weighted by atomic mass is 32.1. The van der Waals surface area contributed by atoms with E-state index >= 15 is 0 Å². The molecule has 0 spiro atoms. The lowest BCUT2D eigenvalue weighted by Gasteiger charge is -2.16. The number of rotatable bonds is 1. The molecule has 0 aliphatic heterocycles. The van der Waals surface area contributed by atoms with Crippen LogP contribution in [0.3, 0.4) is 0 Å². The number of fused-ring (bicyclic) bond motifs is 1. The van der Waals surface area contributed by atoms with Crippen molar-refractivity contribution in [2.45, 2.75) is 25.7 Å². The van der Waals surface area contributed by atoms with Crippen LogP contribution < -0.4 is 0 Å². The second-order valence-corrected chi connectivity index (χ2v) is 5.49. The standard InChI is InChI=1S/C15H13NOS/c16-8-13-14(9-18-15(13)17)12-6-5-10-3-1-2-4-11(10)7-12/h5-7,9,17H,1-4H2. The number of hydrogen-bond donors (Lipinski definition) is 1. The van der Waals surface area contributed by atoms with Crippen LogP contribution in [0, 0.1) is 11.3 Å². The Hall–Kier alpha value is -1.79. The summed E-state index contributed by atoms with van der Waals surface area (Å²) in [6.45, 7) is 0. The molecule has 0 radical (unpaired) electrons. The largest absolute Gasteiger partial charge is 0.499 e. The van der Waals surface area contributed by atoms with Crippen LogP contribution in [-0.2, 0) is 12.8 Å². The number of nitriles is 1. The van der Waals surface area contributed by atoms with Gasteiger partial charge in [-0.15, -0.1) is 11.3 Å². The highest BCUT2D eigenvalue weighted by molar-refractivity contribution is 7.12. The Labute approximate surface area is 110 Å². The third-order valence-electron chi connectivity index (χ3n) is 3.54. The Balaban J connectivity index is 2.10. The van der Waals surface area contributed by atoms with Crippen molar-refractivity contribution >= 4 is 11.3 Å². The highest BCUT2D eigenvalue weighted by Crippen LogP contribution is 2.37. The molecule has 0 atom stereocenters. The quantitative estimate of drug-likeness (QED) is 0.840. The molecule has 2 aromatic rings. The zero-order valence-corrected chi connectivity index (χ0v) is 10.8. The van der Waals surface area contributed by atoms with Gasteiger partial charge < -0.3 is 5.11 Å². The van der Waals surface area contributed by atoms with Crippen LogP contribution in [0.15, 0.2) is 23.6 Å². The molecular weight excluding hydrogens is 242 g/mol. The van der Waals surface area contributed by atoms with Crippen LogP contribution in [0.25, 0.3) is 11.1 Å². The van der Waals surface area contributed by atoms with Gasteiger partial charge >= 0.3 is 0 Å². The molecule has 0 fully saturated rings. The van der Waals surface area contributed by atoms with Gasteiger partial charge in [0.25, 0.3) is 0 Å². The first-order chi connectivity index (χ1) is 8.79. The minimum Gasteiger partial charge on any atom is -0.499 e. The van der Waals surface area contributed by atoms with Crippen LogP contribution in [0.1, 0.15) is 29.5 Å². The molecule has 0 bridgehead atoms. The van der Waals surface area contributed by atoms with Crippen molar-refractivity contribution < 1.29 is 5.11 Å². The van der Waals surface area contributed by atoms with Gasteiger partial charge in [0.2, 0.25) is 0 Å². The fourth-order valence-electron chi connectivity index (χ4n) is 2.57. The van der Waals surface area contributed by atoms with Crippen LogP contribution in [0.2, 0.25) is 0 Å². The molecule has 1 aromatic carbocycles. The van der Waals surface area contributed by atoms with Gasteiger partial charge in [-0.1, -0.05) is 18.2 Å². The lowest BCUT2D eigenvalue weighted by atomic mass is 9.89. The molecule has 3 rings (SSSR count). The summed E-state index contributed by atoms with van der Waals surface area (Å²) in [4.78, 5) is 0. The zero-order chi connectivity index (χ0) is 12.5. The molecule has 0 amide bonds. The molecule has 3 heteroatoms. The smallest absolute Gasteiger partial charge is 0.190 e. The molecule has 1 aromatic heterocycles. The molecule has 18 heavy (non-hydrogen) atoms. The maximum absolute atomic E-state index is 9.63. The Kier molecular flexibility index (Phi) is 2.81. The third kappa shape index (κ3) is 1.79. The molecule has 1 heterocycles. The molecule has 1 aliphatic rings. The van der Waals surface area contributed by atoms with Crippen LogP contribution in [0.5, 0.6) is 5.06 Å². The summed E-state index contributed by atoms with van der Waals surface area (Å²) in [5.74, 6) is 0. The van der Waals surface area contributed by atoms with Crippen molar-refractivity contribution in [2.24, 2.45) is 0 Å². The SMILES string of the molecule is N#Cc1c(-c2ccc3c(c2)CCCC3)csc1O. The molecule has 1 aliphatic carbocycles. The van der Waals surface area contributed by atoms with E-state index in [2.05, 4.69) is 24.3 Å². The van der Waals surface area contributed by atoms with Crippen molar-refractivity contribution in [3.8, 4) is 22.3 Å². The number of nitrogens with zero attached hydrogens (tertiary/aromatic N) is 1. The van der Waals surface area contributed by atoms with Gasteiger partial charge in [-0.25, -0.2) is 0 Å². The number of aromatic hydroxyl groups is 1. The summed E-state index contributed by atoms with van der Waals surface area (Å²) < 4.78 is 0. The number of aryl methyl sites for hydroxylation is 2. The van der Waals surface area contributed by atoms with Crippen molar-refractivity contribution in [3.63, 3.8) is 0 Å². The van der Waals surface area contributed by atoms with Gasteiger partial charge in [0, 0.05) is 10.9 Å². The van der Waals surface area contributed by atoms with E-state index in [1.165, 1.54) is 35.3 Å². The second kappa shape index (κ2) is 4.47. The minimum atomic E-state index is 0.116. The average molecular weight is 255 g/mol. The monoisotopic (exact) mass is 255 g/mol. The van der Waals surface area contributed by atoms with Crippen molar-refractivity contribution in [1.82, 2.24) is 0 Å². The van der Waals surface area contributed by atoms with E-state index in [4.69, 9.17) is 5.26 Å². The fraction of sp³-hybridized carbons (Fsp3) is 0.267. The Bertz CT molecular complexity index is 636. The van der Waals surface area contributed by atoms with Crippen molar-refractivity contribution in [3.05, 3.63) is 40.3 Å². The molecule has 0 saturated heterocycles. The van der Waals surface area contributed by atoms with E-state index in [0.29, 0.717) is 5.56 Å². The van der Waals surface area contributed by atoms with Crippen molar-refractivity contribution in [2.75, 3.05) is 0 Å². The van der Waals surface area contributed by atoms with Crippen LogP contribution in [-0.4, -0.2) is 5.11 Å². The Morgan fingerprint density at radius 2 is 1.94 bits per heavy atom. The summed E-state index contributed by atoms with van der Waals surface area (Å²) in [7, 11) is 0.